The molecule has 0 unspecified atom stereocenters. The van der Waals surface area contributed by atoms with Crippen molar-refractivity contribution < 1.29 is 22.7 Å². The van der Waals surface area contributed by atoms with Gasteiger partial charge in [0.15, 0.2) is 9.84 Å². The second kappa shape index (κ2) is 10.4. The molecule has 0 aromatic heterocycles. The van der Waals surface area contributed by atoms with Crippen molar-refractivity contribution in [3.05, 3.63) is 104 Å². The van der Waals surface area contributed by atoms with Gasteiger partial charge in [0.25, 0.3) is 11.4 Å². The molecule has 4 rings (SSSR count). The van der Waals surface area contributed by atoms with E-state index in [1.165, 1.54) is 36.4 Å². The molecule has 10 nitrogen and oxygen atoms in total. The molecule has 12 heteroatoms. The second-order valence-electron chi connectivity index (χ2n) is 8.48. The molecule has 1 aliphatic rings. The number of sulfone groups is 1. The quantitative estimate of drug-likeness (QED) is 0.327. The highest BCUT2D eigenvalue weighted by Gasteiger charge is 2.27. The maximum Gasteiger partial charge on any atom is 0.293 e. The molecular formula is C24H23FN4O6S. The molecule has 1 fully saturated rings. The van der Waals surface area contributed by atoms with E-state index in [2.05, 4.69) is 4.90 Å². The molecule has 0 saturated carbocycles. The Balaban J connectivity index is 1.47. The standard InChI is InChI=1S/C24H23FN4O6S/c25-20-6-4-18(5-7-20)17-36(34,35)22-8-9-23(24(15-22)29(32)33)27-12-10-26(11-13-27)16-19-2-1-3-21(14-19)28(30)31/h1-9,14-15H,10-13,16-17H2. The van der Waals surface area contributed by atoms with Crippen molar-refractivity contribution in [1.82, 2.24) is 4.90 Å². The first kappa shape index (κ1) is 25.2. The minimum Gasteiger partial charge on any atom is -0.363 e. The molecule has 1 aliphatic heterocycles. The molecule has 36 heavy (non-hydrogen) atoms. The Bertz CT molecular complexity index is 1390. The Morgan fingerprint density at radius 2 is 1.53 bits per heavy atom. The van der Waals surface area contributed by atoms with E-state index >= 15 is 0 Å². The Morgan fingerprint density at radius 3 is 2.17 bits per heavy atom. The van der Waals surface area contributed by atoms with Crippen molar-refractivity contribution in [2.75, 3.05) is 31.1 Å². The summed E-state index contributed by atoms with van der Waals surface area (Å²) in [6.45, 7) is 2.60. The van der Waals surface area contributed by atoms with Crippen LogP contribution in [0.25, 0.3) is 0 Å². The van der Waals surface area contributed by atoms with Crippen LogP contribution in [-0.4, -0.2) is 49.3 Å². The number of nitro benzene ring substituents is 2. The Hall–Kier alpha value is -3.90. The summed E-state index contributed by atoms with van der Waals surface area (Å²) in [5.74, 6) is -0.888. The van der Waals surface area contributed by atoms with E-state index in [0.717, 1.165) is 23.8 Å². The minimum atomic E-state index is -3.88. The lowest BCUT2D eigenvalue weighted by molar-refractivity contribution is -0.385. The van der Waals surface area contributed by atoms with Crippen LogP contribution in [0.5, 0.6) is 0 Å². The number of hydrogen-bond acceptors (Lipinski definition) is 8. The van der Waals surface area contributed by atoms with Crippen molar-refractivity contribution >= 4 is 26.9 Å². The number of anilines is 1. The smallest absolute Gasteiger partial charge is 0.293 e. The van der Waals surface area contributed by atoms with E-state index in [9.17, 15) is 33.0 Å². The summed E-state index contributed by atoms with van der Waals surface area (Å²) in [4.78, 5) is 25.5. The van der Waals surface area contributed by atoms with Gasteiger partial charge in [0.1, 0.15) is 11.5 Å². The zero-order valence-electron chi connectivity index (χ0n) is 19.1. The average Bonchev–Trinajstić information content (AvgIpc) is 2.85. The van der Waals surface area contributed by atoms with E-state index in [-0.39, 0.29) is 16.3 Å². The lowest BCUT2D eigenvalue weighted by Gasteiger charge is -2.35. The highest BCUT2D eigenvalue weighted by Crippen LogP contribution is 2.32. The summed E-state index contributed by atoms with van der Waals surface area (Å²) in [6, 6.07) is 15.3. The number of nitro groups is 2. The van der Waals surface area contributed by atoms with E-state index in [4.69, 9.17) is 0 Å². The summed E-state index contributed by atoms with van der Waals surface area (Å²) >= 11 is 0. The van der Waals surface area contributed by atoms with Crippen LogP contribution >= 0.6 is 0 Å². The molecule has 0 amide bonds. The number of non-ortho nitro benzene ring substituents is 1. The van der Waals surface area contributed by atoms with Crippen LogP contribution in [0.15, 0.2) is 71.6 Å². The summed E-state index contributed by atoms with van der Waals surface area (Å²) in [6.07, 6.45) is 0. The van der Waals surface area contributed by atoms with Crippen molar-refractivity contribution in [1.29, 1.82) is 0 Å². The van der Waals surface area contributed by atoms with Crippen molar-refractivity contribution in [2.45, 2.75) is 17.2 Å². The molecule has 3 aromatic carbocycles. The second-order valence-corrected chi connectivity index (χ2v) is 10.5. The summed E-state index contributed by atoms with van der Waals surface area (Å²) < 4.78 is 38.8. The molecule has 1 saturated heterocycles. The molecule has 3 aromatic rings. The highest BCUT2D eigenvalue weighted by molar-refractivity contribution is 7.90. The highest BCUT2D eigenvalue weighted by atomic mass is 32.2. The van der Waals surface area contributed by atoms with Crippen LogP contribution in [0.2, 0.25) is 0 Å². The fourth-order valence-corrected chi connectivity index (χ4v) is 5.53. The van der Waals surface area contributed by atoms with Gasteiger partial charge in [-0.15, -0.1) is 0 Å². The maximum atomic E-state index is 13.1. The van der Waals surface area contributed by atoms with E-state index in [1.807, 2.05) is 11.0 Å². The van der Waals surface area contributed by atoms with Crippen molar-refractivity contribution in [3.63, 3.8) is 0 Å². The third kappa shape index (κ3) is 5.83. The van der Waals surface area contributed by atoms with Gasteiger partial charge < -0.3 is 4.90 Å². The van der Waals surface area contributed by atoms with Crippen LogP contribution in [0.4, 0.5) is 21.5 Å². The molecule has 0 atom stereocenters. The topological polar surface area (TPSA) is 127 Å². The first-order chi connectivity index (χ1) is 17.1. The molecule has 0 N–H and O–H groups in total. The predicted octanol–water partition coefficient (Wildman–Crippen LogP) is 3.94. The van der Waals surface area contributed by atoms with Gasteiger partial charge in [-0.1, -0.05) is 24.3 Å². The number of halogens is 1. The normalized spacial score (nSPS) is 14.5. The van der Waals surface area contributed by atoms with Gasteiger partial charge in [-0.05, 0) is 35.4 Å². The number of hydrogen-bond donors (Lipinski definition) is 0. The fourth-order valence-electron chi connectivity index (χ4n) is 4.17. The number of piperazine rings is 1. The van der Waals surface area contributed by atoms with Crippen molar-refractivity contribution in [2.24, 2.45) is 0 Å². The third-order valence-corrected chi connectivity index (χ3v) is 7.70. The first-order valence-corrected chi connectivity index (χ1v) is 12.7. The number of nitrogens with zero attached hydrogens (tertiary/aromatic N) is 4. The molecule has 188 valence electrons. The van der Waals surface area contributed by atoms with Crippen LogP contribution in [-0.2, 0) is 22.1 Å². The predicted molar refractivity (Wildman–Crippen MR) is 131 cm³/mol. The van der Waals surface area contributed by atoms with Gasteiger partial charge in [-0.25, -0.2) is 12.8 Å². The Kier molecular flexibility index (Phi) is 7.27. The minimum absolute atomic E-state index is 0.0243. The van der Waals surface area contributed by atoms with E-state index in [1.54, 1.807) is 6.07 Å². The molecule has 0 aliphatic carbocycles. The van der Waals surface area contributed by atoms with E-state index in [0.29, 0.717) is 44.0 Å². The van der Waals surface area contributed by atoms with E-state index < -0.39 is 31.3 Å². The lowest BCUT2D eigenvalue weighted by Crippen LogP contribution is -2.46. The molecule has 0 radical (unpaired) electrons. The van der Waals surface area contributed by atoms with Crippen LogP contribution in [0, 0.1) is 26.0 Å². The van der Waals surface area contributed by atoms with Crippen LogP contribution in [0.1, 0.15) is 11.1 Å². The third-order valence-electron chi connectivity index (χ3n) is 6.01. The summed E-state index contributed by atoms with van der Waals surface area (Å²) in [5, 5.41) is 22.8. The van der Waals surface area contributed by atoms with Gasteiger partial charge in [-0.2, -0.15) is 0 Å². The van der Waals surface area contributed by atoms with Gasteiger partial charge in [0.2, 0.25) is 0 Å². The Labute approximate surface area is 206 Å². The Morgan fingerprint density at radius 1 is 0.833 bits per heavy atom. The summed E-state index contributed by atoms with van der Waals surface area (Å²) in [5.41, 5.74) is 1.23. The lowest BCUT2D eigenvalue weighted by atomic mass is 10.1. The fraction of sp³-hybridized carbons (Fsp3) is 0.250. The SMILES string of the molecule is O=[N+]([O-])c1cccc(CN2CCN(c3ccc(S(=O)(=O)Cc4ccc(F)cc4)cc3[N+](=O)[O-])CC2)c1. The zero-order valence-corrected chi connectivity index (χ0v) is 19.9. The van der Waals surface area contributed by atoms with Gasteiger partial charge in [0.05, 0.1) is 20.5 Å². The maximum absolute atomic E-state index is 13.1. The van der Waals surface area contributed by atoms with Crippen LogP contribution < -0.4 is 4.90 Å². The van der Waals surface area contributed by atoms with Crippen molar-refractivity contribution in [3.8, 4) is 0 Å². The largest absolute Gasteiger partial charge is 0.363 e. The average molecular weight is 515 g/mol. The van der Waals surface area contributed by atoms with Gasteiger partial charge >= 0.3 is 0 Å². The van der Waals surface area contributed by atoms with Gasteiger partial charge in [0, 0.05) is 50.9 Å². The monoisotopic (exact) mass is 514 g/mol. The molecule has 0 bridgehead atoms. The molecule has 1 heterocycles. The van der Waals surface area contributed by atoms with Gasteiger partial charge in [-0.3, -0.25) is 25.1 Å². The number of benzene rings is 3. The van der Waals surface area contributed by atoms with Crippen LogP contribution in [0.3, 0.4) is 0 Å². The molecular weight excluding hydrogens is 491 g/mol. The number of rotatable bonds is 8. The summed E-state index contributed by atoms with van der Waals surface area (Å²) in [7, 11) is -3.88. The molecule has 0 spiro atoms. The first-order valence-electron chi connectivity index (χ1n) is 11.1. The zero-order chi connectivity index (χ0) is 25.9.